The van der Waals surface area contributed by atoms with Gasteiger partial charge < -0.3 is 5.32 Å². The Morgan fingerprint density at radius 1 is 0.848 bits per heavy atom. The summed E-state index contributed by atoms with van der Waals surface area (Å²) in [5.74, 6) is -0.237. The second-order valence-corrected chi connectivity index (χ2v) is 8.52. The number of hydrogen-bond donors (Lipinski definition) is 1. The fourth-order valence-electron chi connectivity index (χ4n) is 4.46. The van der Waals surface area contributed by atoms with Crippen LogP contribution in [0.5, 0.6) is 0 Å². The Labute approximate surface area is 192 Å². The molecule has 4 aromatic rings. The Kier molecular flexibility index (Phi) is 6.00. The van der Waals surface area contributed by atoms with E-state index >= 15 is 0 Å². The molecule has 166 valence electrons. The Morgan fingerprint density at radius 2 is 1.45 bits per heavy atom. The number of nitrogens with one attached hydrogen (secondary N) is 1. The molecule has 6 heteroatoms. The van der Waals surface area contributed by atoms with E-state index in [1.807, 2.05) is 60.7 Å². The lowest BCUT2D eigenvalue weighted by Gasteiger charge is -2.17. The zero-order valence-corrected chi connectivity index (χ0v) is 18.4. The molecule has 1 saturated heterocycles. The van der Waals surface area contributed by atoms with Gasteiger partial charge in [0, 0.05) is 31.1 Å². The lowest BCUT2D eigenvalue weighted by atomic mass is 10.1. The third-order valence-corrected chi connectivity index (χ3v) is 6.11. The number of fused-ring (bicyclic) bond motifs is 1. The van der Waals surface area contributed by atoms with Crippen LogP contribution >= 0.6 is 0 Å². The Hall–Kier alpha value is -3.77. The summed E-state index contributed by atoms with van der Waals surface area (Å²) in [6, 6.07) is 27.3. The van der Waals surface area contributed by atoms with Gasteiger partial charge in [0.05, 0.1) is 11.9 Å². The predicted molar refractivity (Wildman–Crippen MR) is 129 cm³/mol. The number of aromatic nitrogens is 2. The Bertz CT molecular complexity index is 1320. The normalized spacial score (nSPS) is 16.2. The van der Waals surface area contributed by atoms with E-state index in [0.717, 1.165) is 31.6 Å². The van der Waals surface area contributed by atoms with E-state index in [4.69, 9.17) is 0 Å². The van der Waals surface area contributed by atoms with Crippen molar-refractivity contribution in [1.82, 2.24) is 20.0 Å². The molecule has 5 rings (SSSR count). The third-order valence-electron chi connectivity index (χ3n) is 6.11. The van der Waals surface area contributed by atoms with Crippen molar-refractivity contribution in [3.05, 3.63) is 112 Å². The molecular weight excluding hydrogens is 412 g/mol. The number of carbonyl (C=O) groups is 1. The average Bonchev–Trinajstić information content (AvgIpc) is 3.28. The second kappa shape index (κ2) is 9.38. The maximum atomic E-state index is 13.3. The molecule has 1 N–H and O–H groups in total. The van der Waals surface area contributed by atoms with Crippen LogP contribution in [-0.4, -0.2) is 39.7 Å². The monoisotopic (exact) mass is 438 g/mol. The Morgan fingerprint density at radius 3 is 2.15 bits per heavy atom. The topological polar surface area (TPSA) is 67.2 Å². The van der Waals surface area contributed by atoms with Gasteiger partial charge in [-0.1, -0.05) is 78.9 Å². The SMILES string of the molecule is O=C(N[C@@H]1CCN(Cc2ccccc2)C1)c1nn(Cc2ccccc2)c(=O)c2ccccc12. The fourth-order valence-corrected chi connectivity index (χ4v) is 4.46. The molecule has 0 bridgehead atoms. The van der Waals surface area contributed by atoms with Crippen molar-refractivity contribution in [3.8, 4) is 0 Å². The maximum absolute atomic E-state index is 13.3. The van der Waals surface area contributed by atoms with Crippen LogP contribution in [0.15, 0.2) is 89.7 Å². The van der Waals surface area contributed by atoms with Crippen LogP contribution in [0.2, 0.25) is 0 Å². The molecule has 1 aliphatic rings. The highest BCUT2D eigenvalue weighted by atomic mass is 16.2. The first-order chi connectivity index (χ1) is 16.2. The van der Waals surface area contributed by atoms with Gasteiger partial charge in [0.25, 0.3) is 11.5 Å². The summed E-state index contributed by atoms with van der Waals surface area (Å²) in [6.45, 7) is 2.92. The van der Waals surface area contributed by atoms with Crippen molar-refractivity contribution < 1.29 is 4.79 Å². The van der Waals surface area contributed by atoms with Crippen LogP contribution < -0.4 is 10.9 Å². The van der Waals surface area contributed by atoms with Crippen LogP contribution in [0.4, 0.5) is 0 Å². The van der Waals surface area contributed by atoms with E-state index < -0.39 is 0 Å². The largest absolute Gasteiger partial charge is 0.347 e. The molecular formula is C27H26N4O2. The molecule has 0 saturated carbocycles. The van der Waals surface area contributed by atoms with Crippen molar-refractivity contribution in [2.75, 3.05) is 13.1 Å². The number of nitrogens with zero attached hydrogens (tertiary/aromatic N) is 3. The minimum absolute atomic E-state index is 0.0521. The number of likely N-dealkylation sites (tertiary alicyclic amines) is 1. The van der Waals surface area contributed by atoms with E-state index in [9.17, 15) is 9.59 Å². The van der Waals surface area contributed by atoms with E-state index in [1.165, 1.54) is 10.2 Å². The van der Waals surface area contributed by atoms with Crippen LogP contribution in [0.25, 0.3) is 10.8 Å². The van der Waals surface area contributed by atoms with Crippen LogP contribution in [0.1, 0.15) is 28.0 Å². The molecule has 1 amide bonds. The van der Waals surface area contributed by atoms with Crippen molar-refractivity contribution in [2.24, 2.45) is 0 Å². The van der Waals surface area contributed by atoms with Crippen LogP contribution in [0.3, 0.4) is 0 Å². The summed E-state index contributed by atoms with van der Waals surface area (Å²) >= 11 is 0. The lowest BCUT2D eigenvalue weighted by Crippen LogP contribution is -2.38. The standard InChI is InChI=1S/C27H26N4O2/c32-26(28-22-15-16-30(19-22)17-20-9-3-1-4-10-20)25-23-13-7-8-14-24(23)27(33)31(29-25)18-21-11-5-2-6-12-21/h1-14,22H,15-19H2,(H,28,32)/t22-/m1/s1. The highest BCUT2D eigenvalue weighted by Gasteiger charge is 2.26. The molecule has 1 aliphatic heterocycles. The molecule has 1 atom stereocenters. The van der Waals surface area contributed by atoms with Gasteiger partial charge in [-0.15, -0.1) is 0 Å². The highest BCUT2D eigenvalue weighted by Crippen LogP contribution is 2.17. The highest BCUT2D eigenvalue weighted by molar-refractivity contribution is 6.04. The van der Waals surface area contributed by atoms with Gasteiger partial charge in [0.2, 0.25) is 0 Å². The van der Waals surface area contributed by atoms with Gasteiger partial charge in [-0.3, -0.25) is 14.5 Å². The van der Waals surface area contributed by atoms with Gasteiger partial charge in [-0.05, 0) is 23.6 Å². The quantitative estimate of drug-likeness (QED) is 0.501. The smallest absolute Gasteiger partial charge is 0.274 e. The molecule has 0 unspecified atom stereocenters. The summed E-state index contributed by atoms with van der Waals surface area (Å²) in [5.41, 5.74) is 2.33. The molecule has 1 fully saturated rings. The zero-order valence-electron chi connectivity index (χ0n) is 18.4. The molecule has 33 heavy (non-hydrogen) atoms. The van der Waals surface area contributed by atoms with Gasteiger partial charge in [0.1, 0.15) is 0 Å². The fraction of sp³-hybridized carbons (Fsp3) is 0.222. The molecule has 0 radical (unpaired) electrons. The molecule has 2 heterocycles. The summed E-state index contributed by atoms with van der Waals surface area (Å²) in [6.07, 6.45) is 0.889. The third kappa shape index (κ3) is 4.71. The van der Waals surface area contributed by atoms with E-state index in [-0.39, 0.29) is 17.5 Å². The minimum Gasteiger partial charge on any atom is -0.347 e. The van der Waals surface area contributed by atoms with E-state index in [1.54, 1.807) is 12.1 Å². The van der Waals surface area contributed by atoms with Crippen molar-refractivity contribution in [3.63, 3.8) is 0 Å². The van der Waals surface area contributed by atoms with Gasteiger partial charge in [-0.2, -0.15) is 5.10 Å². The molecule has 0 aliphatic carbocycles. The first-order valence-electron chi connectivity index (χ1n) is 11.3. The van der Waals surface area contributed by atoms with E-state index in [2.05, 4.69) is 27.4 Å². The summed E-state index contributed by atoms with van der Waals surface area (Å²) < 4.78 is 1.39. The average molecular weight is 439 g/mol. The number of hydrogen-bond acceptors (Lipinski definition) is 4. The van der Waals surface area contributed by atoms with Gasteiger partial charge in [0.15, 0.2) is 5.69 Å². The first-order valence-corrected chi connectivity index (χ1v) is 11.3. The lowest BCUT2D eigenvalue weighted by molar-refractivity contribution is 0.0932. The summed E-state index contributed by atoms with van der Waals surface area (Å²) in [7, 11) is 0. The summed E-state index contributed by atoms with van der Waals surface area (Å²) in [4.78, 5) is 28.7. The number of carbonyl (C=O) groups excluding carboxylic acids is 1. The van der Waals surface area contributed by atoms with Gasteiger partial charge in [-0.25, -0.2) is 4.68 Å². The molecule has 1 aromatic heterocycles. The number of amides is 1. The van der Waals surface area contributed by atoms with Crippen molar-refractivity contribution >= 4 is 16.7 Å². The molecule has 6 nitrogen and oxygen atoms in total. The van der Waals surface area contributed by atoms with Crippen LogP contribution in [0, 0.1) is 0 Å². The second-order valence-electron chi connectivity index (χ2n) is 8.52. The first kappa shape index (κ1) is 21.1. The van der Waals surface area contributed by atoms with E-state index in [0.29, 0.717) is 23.0 Å². The number of rotatable bonds is 6. The van der Waals surface area contributed by atoms with Gasteiger partial charge >= 0.3 is 0 Å². The Balaban J connectivity index is 1.37. The van der Waals surface area contributed by atoms with Crippen molar-refractivity contribution in [2.45, 2.75) is 25.6 Å². The summed E-state index contributed by atoms with van der Waals surface area (Å²) in [5, 5.41) is 8.75. The minimum atomic E-state index is -0.237. The predicted octanol–water partition coefficient (Wildman–Crippen LogP) is 3.45. The maximum Gasteiger partial charge on any atom is 0.274 e. The molecule has 0 spiro atoms. The zero-order chi connectivity index (χ0) is 22.6. The van der Waals surface area contributed by atoms with Crippen LogP contribution in [-0.2, 0) is 13.1 Å². The number of benzene rings is 3. The van der Waals surface area contributed by atoms with Crippen molar-refractivity contribution in [1.29, 1.82) is 0 Å². The molecule has 3 aromatic carbocycles.